The number of hydrogen-bond donors (Lipinski definition) is 3. The highest BCUT2D eigenvalue weighted by Gasteiger charge is 2.44. The predicted molar refractivity (Wildman–Crippen MR) is 95.8 cm³/mol. The highest BCUT2D eigenvalue weighted by Crippen LogP contribution is 2.28. The van der Waals surface area contributed by atoms with Crippen LogP contribution in [0.3, 0.4) is 0 Å². The van der Waals surface area contributed by atoms with E-state index in [0.717, 1.165) is 17.0 Å². The number of nitrogens with zero attached hydrogens (tertiary/aromatic N) is 1. The van der Waals surface area contributed by atoms with Gasteiger partial charge in [-0.1, -0.05) is 6.07 Å². The second kappa shape index (κ2) is 6.24. The van der Waals surface area contributed by atoms with Crippen LogP contribution in [0.15, 0.2) is 18.2 Å². The van der Waals surface area contributed by atoms with Gasteiger partial charge in [-0.15, -0.1) is 0 Å². The predicted octanol–water partition coefficient (Wildman–Crippen LogP) is -0.0722. The Labute approximate surface area is 156 Å². The summed E-state index contributed by atoms with van der Waals surface area (Å²) in [5, 5.41) is 9.00. The summed E-state index contributed by atoms with van der Waals surface area (Å²) >= 11 is 0. The van der Waals surface area contributed by atoms with E-state index in [9.17, 15) is 19.2 Å². The first-order valence-corrected chi connectivity index (χ1v) is 9.11. The second-order valence-corrected chi connectivity index (χ2v) is 7.86. The zero-order valence-corrected chi connectivity index (χ0v) is 15.3. The van der Waals surface area contributed by atoms with Gasteiger partial charge in [0, 0.05) is 31.1 Å². The molecule has 0 aromatic heterocycles. The Morgan fingerprint density at radius 1 is 1.15 bits per heavy atom. The number of fused-ring (bicyclic) bond motifs is 1. The summed E-state index contributed by atoms with van der Waals surface area (Å²) in [5.41, 5.74) is 1.56. The van der Waals surface area contributed by atoms with Crippen LogP contribution < -0.4 is 16.0 Å². The minimum Gasteiger partial charge on any atom is -0.309 e. The van der Waals surface area contributed by atoms with Crippen LogP contribution in [0.25, 0.3) is 0 Å². The van der Waals surface area contributed by atoms with Crippen molar-refractivity contribution in [2.75, 3.05) is 6.54 Å². The number of nitrogens with one attached hydrogen (secondary N) is 3. The van der Waals surface area contributed by atoms with Crippen molar-refractivity contribution in [3.8, 4) is 0 Å². The van der Waals surface area contributed by atoms with Gasteiger partial charge >= 0.3 is 0 Å². The van der Waals surface area contributed by atoms with Crippen LogP contribution in [-0.4, -0.2) is 52.7 Å². The van der Waals surface area contributed by atoms with Gasteiger partial charge in [-0.3, -0.25) is 29.4 Å². The lowest BCUT2D eigenvalue weighted by atomic mass is 9.86. The monoisotopic (exact) mass is 370 g/mol. The van der Waals surface area contributed by atoms with Crippen molar-refractivity contribution in [1.82, 2.24) is 20.9 Å². The van der Waals surface area contributed by atoms with Gasteiger partial charge in [0.15, 0.2) is 0 Å². The maximum atomic E-state index is 12.8. The fourth-order valence-electron chi connectivity index (χ4n) is 3.81. The number of hydrogen-bond acceptors (Lipinski definition) is 6. The van der Waals surface area contributed by atoms with Crippen molar-refractivity contribution in [2.24, 2.45) is 0 Å². The highest BCUT2D eigenvalue weighted by molar-refractivity contribution is 6.23. The van der Waals surface area contributed by atoms with E-state index in [1.807, 2.05) is 6.07 Å². The topological polar surface area (TPSA) is 108 Å². The highest BCUT2D eigenvalue weighted by atomic mass is 16.2. The molecule has 2 atom stereocenters. The summed E-state index contributed by atoms with van der Waals surface area (Å²) in [6.45, 7) is 5.72. The first kappa shape index (κ1) is 17.8. The Balaban J connectivity index is 1.51. The van der Waals surface area contributed by atoms with Crippen LogP contribution in [0.1, 0.15) is 53.0 Å². The molecule has 27 heavy (non-hydrogen) atoms. The fourth-order valence-corrected chi connectivity index (χ4v) is 3.81. The Morgan fingerprint density at radius 3 is 2.52 bits per heavy atom. The number of benzene rings is 1. The summed E-state index contributed by atoms with van der Waals surface area (Å²) in [7, 11) is 0. The molecule has 0 bridgehead atoms. The molecular formula is C19H22N4O4. The normalized spacial score (nSPS) is 26.7. The van der Waals surface area contributed by atoms with Crippen LogP contribution in [0.2, 0.25) is 0 Å². The van der Waals surface area contributed by atoms with Gasteiger partial charge < -0.3 is 10.6 Å². The lowest BCUT2D eigenvalue weighted by Gasteiger charge is -2.46. The standard InChI is InChI=1S/C19H22N4O4/c1-19(2)14(9-21-19)20-8-10-3-4-11-12(7-10)18(27)23(17(11)26)13-5-6-15(24)22-16(13)25/h3-4,7,13-14,20-21H,5-6,8-9H2,1-2H3,(H,22,24,25). The van der Waals surface area contributed by atoms with Crippen LogP contribution >= 0.6 is 0 Å². The van der Waals surface area contributed by atoms with Crippen LogP contribution in [0, 0.1) is 0 Å². The van der Waals surface area contributed by atoms with Gasteiger partial charge in [0.1, 0.15) is 6.04 Å². The van der Waals surface area contributed by atoms with E-state index in [0.29, 0.717) is 23.7 Å². The third-order valence-corrected chi connectivity index (χ3v) is 5.69. The smallest absolute Gasteiger partial charge is 0.262 e. The SMILES string of the molecule is CC1(C)NCC1NCc1ccc2c(c1)C(=O)N(C1CCC(=O)NC1=O)C2=O. The Hall–Kier alpha value is -2.58. The molecule has 3 aliphatic heterocycles. The third-order valence-electron chi connectivity index (χ3n) is 5.69. The second-order valence-electron chi connectivity index (χ2n) is 7.86. The van der Waals surface area contributed by atoms with E-state index in [4.69, 9.17) is 0 Å². The number of imide groups is 2. The first-order chi connectivity index (χ1) is 12.8. The molecule has 3 aliphatic rings. The van der Waals surface area contributed by atoms with E-state index in [-0.39, 0.29) is 24.3 Å². The van der Waals surface area contributed by atoms with E-state index in [2.05, 4.69) is 29.8 Å². The average molecular weight is 370 g/mol. The number of rotatable bonds is 4. The molecule has 142 valence electrons. The van der Waals surface area contributed by atoms with Crippen molar-refractivity contribution in [3.05, 3.63) is 34.9 Å². The zero-order chi connectivity index (χ0) is 19.3. The molecule has 0 aliphatic carbocycles. The minimum absolute atomic E-state index is 0.0328. The number of piperidine rings is 1. The van der Waals surface area contributed by atoms with Crippen molar-refractivity contribution < 1.29 is 19.2 Å². The fraction of sp³-hybridized carbons (Fsp3) is 0.474. The van der Waals surface area contributed by atoms with Gasteiger partial charge in [0.25, 0.3) is 11.8 Å². The van der Waals surface area contributed by atoms with Gasteiger partial charge in [-0.05, 0) is 38.0 Å². The van der Waals surface area contributed by atoms with E-state index in [1.165, 1.54) is 0 Å². The van der Waals surface area contributed by atoms with Gasteiger partial charge in [-0.2, -0.15) is 0 Å². The molecule has 0 saturated carbocycles. The van der Waals surface area contributed by atoms with Gasteiger partial charge in [0.05, 0.1) is 11.1 Å². The molecule has 0 spiro atoms. The lowest BCUT2D eigenvalue weighted by molar-refractivity contribution is -0.136. The molecule has 4 rings (SSSR count). The largest absolute Gasteiger partial charge is 0.309 e. The maximum Gasteiger partial charge on any atom is 0.262 e. The summed E-state index contributed by atoms with van der Waals surface area (Å²) < 4.78 is 0. The van der Waals surface area contributed by atoms with Crippen molar-refractivity contribution >= 4 is 23.6 Å². The minimum atomic E-state index is -0.932. The van der Waals surface area contributed by atoms with Crippen LogP contribution in [0.4, 0.5) is 0 Å². The molecule has 2 unspecified atom stereocenters. The molecule has 4 amide bonds. The van der Waals surface area contributed by atoms with E-state index in [1.54, 1.807) is 12.1 Å². The summed E-state index contributed by atoms with van der Waals surface area (Å²) in [5.74, 6) is -1.93. The molecule has 8 nitrogen and oxygen atoms in total. The molecule has 2 fully saturated rings. The van der Waals surface area contributed by atoms with E-state index < -0.39 is 23.8 Å². The molecule has 1 aromatic carbocycles. The Morgan fingerprint density at radius 2 is 1.89 bits per heavy atom. The molecule has 8 heteroatoms. The third kappa shape index (κ3) is 2.94. The Bertz CT molecular complexity index is 863. The van der Waals surface area contributed by atoms with Gasteiger partial charge in [-0.25, -0.2) is 0 Å². The molecule has 2 saturated heterocycles. The van der Waals surface area contributed by atoms with E-state index >= 15 is 0 Å². The average Bonchev–Trinajstić information content (AvgIpc) is 2.85. The van der Waals surface area contributed by atoms with Crippen molar-refractivity contribution in [1.29, 1.82) is 0 Å². The van der Waals surface area contributed by atoms with Gasteiger partial charge in [0.2, 0.25) is 11.8 Å². The molecule has 1 aromatic rings. The summed E-state index contributed by atoms with van der Waals surface area (Å²) in [6.07, 6.45) is 0.276. The molecule has 3 heterocycles. The molecular weight excluding hydrogens is 348 g/mol. The van der Waals surface area contributed by atoms with Crippen LogP contribution in [-0.2, 0) is 16.1 Å². The summed E-state index contributed by atoms with van der Waals surface area (Å²) in [4.78, 5) is 49.9. The van der Waals surface area contributed by atoms with Crippen molar-refractivity contribution in [3.63, 3.8) is 0 Å². The summed E-state index contributed by atoms with van der Waals surface area (Å²) in [6, 6.07) is 4.59. The number of carbonyl (C=O) groups excluding carboxylic acids is 4. The zero-order valence-electron chi connectivity index (χ0n) is 15.3. The molecule has 0 radical (unpaired) electrons. The Kier molecular flexibility index (Phi) is 4.12. The number of carbonyl (C=O) groups is 4. The number of amides is 4. The first-order valence-electron chi connectivity index (χ1n) is 9.11. The molecule has 3 N–H and O–H groups in total. The van der Waals surface area contributed by atoms with Crippen LogP contribution in [0.5, 0.6) is 0 Å². The maximum absolute atomic E-state index is 12.8. The lowest BCUT2D eigenvalue weighted by Crippen LogP contribution is -2.70. The van der Waals surface area contributed by atoms with Crippen molar-refractivity contribution in [2.45, 2.75) is 50.9 Å². The quantitative estimate of drug-likeness (QED) is 0.641.